The van der Waals surface area contributed by atoms with Crippen LogP contribution in [0.25, 0.3) is 11.1 Å². The monoisotopic (exact) mass is 420 g/mol. The second-order valence-electron chi connectivity index (χ2n) is 7.49. The number of carboxylic acids is 1. The Balaban J connectivity index is 1.39. The summed E-state index contributed by atoms with van der Waals surface area (Å²) < 4.78 is 5.78. The third kappa shape index (κ3) is 3.15. The predicted octanol–water partition coefficient (Wildman–Crippen LogP) is 4.93. The number of aromatic nitrogens is 1. The lowest BCUT2D eigenvalue weighted by Gasteiger charge is -2.21. The number of ether oxygens (including phenoxy) is 1. The van der Waals surface area contributed by atoms with E-state index in [4.69, 9.17) is 4.74 Å². The minimum atomic E-state index is -1.07. The lowest BCUT2D eigenvalue weighted by Crippen LogP contribution is -2.32. The van der Waals surface area contributed by atoms with E-state index in [1.54, 1.807) is 4.90 Å². The Hall–Kier alpha value is -3.19. The van der Waals surface area contributed by atoms with Gasteiger partial charge in [0.05, 0.1) is 5.69 Å². The molecule has 0 bridgehead atoms. The van der Waals surface area contributed by atoms with Gasteiger partial charge in [0.15, 0.2) is 0 Å². The molecule has 152 valence electrons. The molecule has 1 aromatic heterocycles. The van der Waals surface area contributed by atoms with Gasteiger partial charge in [0.25, 0.3) is 0 Å². The molecule has 6 nitrogen and oxygen atoms in total. The van der Waals surface area contributed by atoms with Crippen molar-refractivity contribution in [1.29, 1.82) is 0 Å². The van der Waals surface area contributed by atoms with E-state index in [0.29, 0.717) is 23.7 Å². The second-order valence-corrected chi connectivity index (χ2v) is 8.47. The van der Waals surface area contributed by atoms with E-state index in [9.17, 15) is 14.7 Å². The average Bonchev–Trinajstić information content (AvgIpc) is 3.25. The summed E-state index contributed by atoms with van der Waals surface area (Å²) in [5, 5.41) is 9.89. The van der Waals surface area contributed by atoms with E-state index in [1.807, 2.05) is 24.3 Å². The Bertz CT molecular complexity index is 1090. The quantitative estimate of drug-likeness (QED) is 0.650. The van der Waals surface area contributed by atoms with Crippen molar-refractivity contribution < 1.29 is 19.4 Å². The first-order valence-corrected chi connectivity index (χ1v) is 10.8. The van der Waals surface area contributed by atoms with E-state index in [0.717, 1.165) is 35.3 Å². The number of carbonyl (C=O) groups is 2. The molecule has 0 atom stereocenters. The van der Waals surface area contributed by atoms with Crippen LogP contribution in [0.15, 0.2) is 48.5 Å². The van der Waals surface area contributed by atoms with E-state index in [1.165, 1.54) is 11.1 Å². The zero-order chi connectivity index (χ0) is 20.7. The first-order chi connectivity index (χ1) is 14.6. The van der Waals surface area contributed by atoms with Crippen molar-refractivity contribution in [3.63, 3.8) is 0 Å². The molecule has 30 heavy (non-hydrogen) atoms. The molecule has 0 radical (unpaired) electrons. The number of aromatic carboxylic acids is 1. The number of hydrogen-bond donors (Lipinski definition) is 1. The smallest absolute Gasteiger partial charge is 0.414 e. The number of fused-ring (bicyclic) bond motifs is 4. The van der Waals surface area contributed by atoms with Gasteiger partial charge in [-0.1, -0.05) is 59.9 Å². The van der Waals surface area contributed by atoms with Gasteiger partial charge >= 0.3 is 12.1 Å². The first kappa shape index (κ1) is 18.8. The lowest BCUT2D eigenvalue weighted by atomic mass is 9.98. The summed E-state index contributed by atoms with van der Waals surface area (Å²) in [5.74, 6) is -1.08. The Morgan fingerprint density at radius 3 is 2.40 bits per heavy atom. The number of carbonyl (C=O) groups excluding carboxylic acids is 1. The van der Waals surface area contributed by atoms with Crippen LogP contribution in [0.3, 0.4) is 0 Å². The molecule has 1 aliphatic heterocycles. The van der Waals surface area contributed by atoms with Crippen molar-refractivity contribution in [2.24, 2.45) is 0 Å². The summed E-state index contributed by atoms with van der Waals surface area (Å²) in [6.07, 6.45) is 1.92. The largest absolute Gasteiger partial charge is 0.476 e. The SMILES string of the molecule is O=C(O)c1nc2c(s1)N(C(=O)OCC1c3ccccc3-c3ccccc31)CCCC2. The van der Waals surface area contributed by atoms with Crippen molar-refractivity contribution in [2.75, 3.05) is 18.1 Å². The van der Waals surface area contributed by atoms with Crippen molar-refractivity contribution in [3.8, 4) is 11.1 Å². The van der Waals surface area contributed by atoms with Gasteiger partial charge in [-0.15, -0.1) is 0 Å². The van der Waals surface area contributed by atoms with Crippen LogP contribution in [-0.4, -0.2) is 35.3 Å². The van der Waals surface area contributed by atoms with Crippen molar-refractivity contribution in [1.82, 2.24) is 4.98 Å². The van der Waals surface area contributed by atoms with Crippen LogP contribution in [0.5, 0.6) is 0 Å². The fraction of sp³-hybridized carbons (Fsp3) is 0.261. The Morgan fingerprint density at radius 2 is 1.73 bits per heavy atom. The molecule has 0 spiro atoms. The van der Waals surface area contributed by atoms with Gasteiger partial charge in [0.2, 0.25) is 5.01 Å². The molecule has 1 aliphatic carbocycles. The third-order valence-corrected chi connectivity index (χ3v) is 6.82. The predicted molar refractivity (Wildman–Crippen MR) is 114 cm³/mol. The molecule has 0 unspecified atom stereocenters. The summed E-state index contributed by atoms with van der Waals surface area (Å²) in [5.41, 5.74) is 5.35. The van der Waals surface area contributed by atoms with E-state index >= 15 is 0 Å². The summed E-state index contributed by atoms with van der Waals surface area (Å²) in [6, 6.07) is 16.4. The molecular weight excluding hydrogens is 400 g/mol. The molecule has 3 aromatic rings. The molecular formula is C23H20N2O4S. The maximum atomic E-state index is 13.0. The summed E-state index contributed by atoms with van der Waals surface area (Å²) in [7, 11) is 0. The van der Waals surface area contributed by atoms with Crippen molar-refractivity contribution in [3.05, 3.63) is 70.4 Å². The highest BCUT2D eigenvalue weighted by molar-refractivity contribution is 7.17. The fourth-order valence-electron chi connectivity index (χ4n) is 4.32. The molecule has 1 amide bonds. The standard InChI is InChI=1S/C23H20N2O4S/c26-22(27)20-24-19-11-5-6-12-25(21(19)30-20)23(28)29-13-18-16-9-3-1-7-14(16)15-8-2-4-10-17(15)18/h1-4,7-10,18H,5-6,11-13H2,(H,26,27). The zero-order valence-electron chi connectivity index (χ0n) is 16.2. The molecule has 7 heteroatoms. The highest BCUT2D eigenvalue weighted by Crippen LogP contribution is 2.44. The number of rotatable bonds is 3. The van der Waals surface area contributed by atoms with Gasteiger partial charge < -0.3 is 9.84 Å². The normalized spacial score (nSPS) is 15.1. The van der Waals surface area contributed by atoms with Crippen LogP contribution < -0.4 is 4.90 Å². The van der Waals surface area contributed by atoms with Gasteiger partial charge in [-0.25, -0.2) is 14.6 Å². The van der Waals surface area contributed by atoms with E-state index in [-0.39, 0.29) is 17.5 Å². The summed E-state index contributed by atoms with van der Waals surface area (Å²) >= 11 is 1.04. The highest BCUT2D eigenvalue weighted by atomic mass is 32.1. The molecule has 2 heterocycles. The van der Waals surface area contributed by atoms with Gasteiger partial charge in [-0.3, -0.25) is 4.90 Å². The van der Waals surface area contributed by atoms with E-state index in [2.05, 4.69) is 29.2 Å². The van der Waals surface area contributed by atoms with Gasteiger partial charge in [0, 0.05) is 12.5 Å². The number of carboxylic acid groups (broad SMARTS) is 1. The Labute approximate surface area is 177 Å². The van der Waals surface area contributed by atoms with Crippen LogP contribution in [0.2, 0.25) is 0 Å². The van der Waals surface area contributed by atoms with Crippen LogP contribution in [0.4, 0.5) is 9.80 Å². The molecule has 2 aromatic carbocycles. The van der Waals surface area contributed by atoms with Crippen LogP contribution in [0, 0.1) is 0 Å². The molecule has 0 saturated heterocycles. The van der Waals surface area contributed by atoms with Crippen LogP contribution in [-0.2, 0) is 11.2 Å². The summed E-state index contributed by atoms with van der Waals surface area (Å²) in [6.45, 7) is 0.744. The van der Waals surface area contributed by atoms with E-state index < -0.39 is 12.1 Å². The number of hydrogen-bond acceptors (Lipinski definition) is 5. The number of aryl methyl sites for hydroxylation is 1. The average molecular weight is 420 g/mol. The van der Waals surface area contributed by atoms with Crippen LogP contribution in [0.1, 0.15) is 45.4 Å². The second kappa shape index (κ2) is 7.57. The Kier molecular flexibility index (Phi) is 4.75. The summed E-state index contributed by atoms with van der Waals surface area (Å²) in [4.78, 5) is 30.1. The molecule has 0 fully saturated rings. The number of amides is 1. The molecule has 2 aliphatic rings. The maximum Gasteiger partial charge on any atom is 0.414 e. The lowest BCUT2D eigenvalue weighted by molar-refractivity contribution is 0.0696. The van der Waals surface area contributed by atoms with Crippen LogP contribution >= 0.6 is 11.3 Å². The number of benzene rings is 2. The topological polar surface area (TPSA) is 79.7 Å². The Morgan fingerprint density at radius 1 is 1.07 bits per heavy atom. The molecule has 0 saturated carbocycles. The van der Waals surface area contributed by atoms with Gasteiger partial charge in [-0.05, 0) is 41.5 Å². The minimum Gasteiger partial charge on any atom is -0.476 e. The van der Waals surface area contributed by atoms with Crippen molar-refractivity contribution in [2.45, 2.75) is 25.2 Å². The minimum absolute atomic E-state index is 0.0103. The maximum absolute atomic E-state index is 13.0. The number of thiazole rings is 1. The third-order valence-electron chi connectivity index (χ3n) is 5.71. The number of nitrogens with zero attached hydrogens (tertiary/aromatic N) is 2. The molecule has 1 N–H and O–H groups in total. The molecule has 5 rings (SSSR count). The number of anilines is 1. The fourth-order valence-corrected chi connectivity index (χ4v) is 5.29. The van der Waals surface area contributed by atoms with Crippen molar-refractivity contribution >= 4 is 28.4 Å². The zero-order valence-corrected chi connectivity index (χ0v) is 17.0. The van der Waals surface area contributed by atoms with Gasteiger partial charge in [-0.2, -0.15) is 0 Å². The first-order valence-electron chi connectivity index (χ1n) is 9.99. The van der Waals surface area contributed by atoms with Gasteiger partial charge in [0.1, 0.15) is 11.6 Å². The highest BCUT2D eigenvalue weighted by Gasteiger charge is 2.32.